The Morgan fingerprint density at radius 1 is 0.500 bits per heavy atom. The molecule has 10 aromatic rings. The molecule has 0 amide bonds. The van der Waals surface area contributed by atoms with Crippen LogP contribution in [0.1, 0.15) is 27.0 Å². The van der Waals surface area contributed by atoms with Gasteiger partial charge in [-0.3, -0.25) is 14.8 Å². The monoisotopic (exact) mass is 852 g/mol. The van der Waals surface area contributed by atoms with E-state index in [2.05, 4.69) is 29.9 Å². The summed E-state index contributed by atoms with van der Waals surface area (Å²) in [6.45, 7) is -0.00168. The van der Waals surface area contributed by atoms with Crippen LogP contribution in [0.2, 0.25) is 0 Å². The number of hydrogen-bond donors (Lipinski definition) is 2. The lowest BCUT2D eigenvalue weighted by atomic mass is 9.89. The number of benzene rings is 4. The number of halogens is 4. The summed E-state index contributed by atoms with van der Waals surface area (Å²) < 4.78 is 78.6. The highest BCUT2D eigenvalue weighted by atomic mass is 19.1. The SMILES string of the molecule is O=C(c1c[nH]c2ncc(-c3cccnc3)c(-c3c(F)ccc(OCc4ccccc4)c3F)c12)c1c[nH]c2ncc(-c3cccnc3)c(-c3c(F)ccc(OCc4ccccc4)c3F)c12. The average molecular weight is 853 g/mol. The molecule has 2 N–H and O–H groups in total. The highest BCUT2D eigenvalue weighted by Crippen LogP contribution is 2.46. The van der Waals surface area contributed by atoms with Crippen LogP contribution in [0.15, 0.2) is 159 Å². The maximum atomic E-state index is 17.0. The van der Waals surface area contributed by atoms with Crippen LogP contribution in [0, 0.1) is 23.3 Å². The summed E-state index contributed by atoms with van der Waals surface area (Å²) in [7, 11) is 0. The summed E-state index contributed by atoms with van der Waals surface area (Å²) >= 11 is 0. The molecular weight excluding hydrogens is 821 g/mol. The average Bonchev–Trinajstić information content (AvgIpc) is 3.98. The van der Waals surface area contributed by atoms with Crippen molar-refractivity contribution in [2.45, 2.75) is 13.2 Å². The molecule has 0 spiro atoms. The molecule has 0 saturated heterocycles. The number of rotatable bonds is 12. The number of aromatic nitrogens is 6. The Hall–Kier alpha value is -8.45. The summed E-state index contributed by atoms with van der Waals surface area (Å²) in [4.78, 5) is 39.0. The van der Waals surface area contributed by atoms with Crippen LogP contribution in [-0.2, 0) is 13.2 Å². The van der Waals surface area contributed by atoms with Crippen molar-refractivity contribution in [3.05, 3.63) is 204 Å². The molecule has 0 radical (unpaired) electrons. The number of fused-ring (bicyclic) bond motifs is 2. The Morgan fingerprint density at radius 2 is 0.938 bits per heavy atom. The lowest BCUT2D eigenvalue weighted by molar-refractivity contribution is 0.104. The predicted molar refractivity (Wildman–Crippen MR) is 234 cm³/mol. The third-order valence-corrected chi connectivity index (χ3v) is 10.9. The zero-order valence-corrected chi connectivity index (χ0v) is 33.5. The molecule has 4 aromatic carbocycles. The Balaban J connectivity index is 1.18. The molecule has 312 valence electrons. The van der Waals surface area contributed by atoms with Crippen molar-refractivity contribution in [2.75, 3.05) is 0 Å². The van der Waals surface area contributed by atoms with Gasteiger partial charge in [-0.15, -0.1) is 0 Å². The van der Waals surface area contributed by atoms with Crippen molar-refractivity contribution in [2.24, 2.45) is 0 Å². The molecule has 6 aromatic heterocycles. The number of nitrogens with one attached hydrogen (secondary N) is 2. The standard InChI is InChI=1S/C51H32F4N6O3/c52-37-15-17-39(63-27-29-9-3-1-4-10-29)47(54)45(37)41-33(31-13-7-19-56-21-31)23-58-50-43(41)35(25-60-50)49(62)36-26-61-51-44(36)42(34(24-59-51)32-14-8-20-57-22-32)46-38(53)16-18-40(48(46)55)64-28-30-11-5-2-6-12-30/h1-26H,27-28H2,(H,58,60)(H,59,61). The third kappa shape index (κ3) is 7.18. The Bertz CT molecular complexity index is 3120. The Kier molecular flexibility index (Phi) is 10.4. The number of aromatic amines is 2. The molecule has 0 aliphatic rings. The number of ether oxygens (including phenoxy) is 2. The van der Waals surface area contributed by atoms with Crippen molar-refractivity contribution >= 4 is 27.9 Å². The lowest BCUT2D eigenvalue weighted by Crippen LogP contribution is -2.05. The lowest BCUT2D eigenvalue weighted by Gasteiger charge is -2.17. The highest BCUT2D eigenvalue weighted by Gasteiger charge is 2.31. The fraction of sp³-hybridized carbons (Fsp3) is 0.0392. The minimum absolute atomic E-state index is 0.000840. The topological polar surface area (TPSA) is 119 Å². The van der Waals surface area contributed by atoms with Crippen LogP contribution in [0.4, 0.5) is 17.6 Å². The first-order valence-corrected chi connectivity index (χ1v) is 20.0. The second-order valence-corrected chi connectivity index (χ2v) is 14.8. The van der Waals surface area contributed by atoms with Gasteiger partial charge in [0.15, 0.2) is 28.9 Å². The van der Waals surface area contributed by atoms with Crippen LogP contribution < -0.4 is 9.47 Å². The normalized spacial score (nSPS) is 11.3. The molecule has 64 heavy (non-hydrogen) atoms. The summed E-state index contributed by atoms with van der Waals surface area (Å²) in [6.07, 6.45) is 11.8. The molecule has 0 bridgehead atoms. The zero-order chi connectivity index (χ0) is 43.7. The van der Waals surface area contributed by atoms with E-state index in [1.165, 1.54) is 49.3 Å². The molecule has 13 heteroatoms. The minimum Gasteiger partial charge on any atom is -0.486 e. The fourth-order valence-corrected chi connectivity index (χ4v) is 7.91. The third-order valence-electron chi connectivity index (χ3n) is 10.9. The number of carbonyl (C=O) groups is 1. The van der Waals surface area contributed by atoms with E-state index in [0.717, 1.165) is 23.3 Å². The van der Waals surface area contributed by atoms with Gasteiger partial charge in [-0.2, -0.15) is 0 Å². The molecule has 0 aliphatic heterocycles. The van der Waals surface area contributed by atoms with E-state index in [-0.39, 0.29) is 80.2 Å². The molecular formula is C51H32F4N6O3. The maximum absolute atomic E-state index is 17.0. The molecule has 9 nitrogen and oxygen atoms in total. The smallest absolute Gasteiger partial charge is 0.197 e. The van der Waals surface area contributed by atoms with E-state index in [1.807, 2.05) is 60.7 Å². The molecule has 0 atom stereocenters. The number of carbonyl (C=O) groups excluding carboxylic acids is 1. The van der Waals surface area contributed by atoms with Crippen molar-refractivity contribution in [1.29, 1.82) is 0 Å². The van der Waals surface area contributed by atoms with Crippen LogP contribution in [0.5, 0.6) is 11.5 Å². The summed E-state index contributed by atoms with van der Waals surface area (Å²) in [5.41, 5.74) is 2.21. The van der Waals surface area contributed by atoms with Crippen molar-refractivity contribution in [3.8, 4) is 56.0 Å². The van der Waals surface area contributed by atoms with E-state index in [1.54, 1.807) is 36.7 Å². The van der Waals surface area contributed by atoms with Gasteiger partial charge >= 0.3 is 0 Å². The second-order valence-electron chi connectivity index (χ2n) is 14.8. The fourth-order valence-electron chi connectivity index (χ4n) is 7.91. The predicted octanol–water partition coefficient (Wildman–Crippen LogP) is 11.8. The van der Waals surface area contributed by atoms with Crippen molar-refractivity contribution in [1.82, 2.24) is 29.9 Å². The quantitative estimate of drug-likeness (QED) is 0.0928. The van der Waals surface area contributed by atoms with Crippen LogP contribution in [0.3, 0.4) is 0 Å². The number of ketones is 1. The van der Waals surface area contributed by atoms with E-state index in [4.69, 9.17) is 9.47 Å². The van der Waals surface area contributed by atoms with Crippen LogP contribution in [0.25, 0.3) is 66.6 Å². The Labute approximate surface area is 362 Å². The summed E-state index contributed by atoms with van der Waals surface area (Å²) in [5.74, 6) is -4.99. The molecule has 6 heterocycles. The second kappa shape index (κ2) is 16.8. The molecule has 0 saturated carbocycles. The van der Waals surface area contributed by atoms with Gasteiger partial charge in [0, 0.05) is 93.7 Å². The molecule has 10 rings (SSSR count). The molecule has 0 aliphatic carbocycles. The van der Waals surface area contributed by atoms with Crippen LogP contribution in [-0.4, -0.2) is 35.7 Å². The molecule has 0 fully saturated rings. The maximum Gasteiger partial charge on any atom is 0.197 e. The van der Waals surface area contributed by atoms with Crippen molar-refractivity contribution < 1.29 is 31.8 Å². The highest BCUT2D eigenvalue weighted by molar-refractivity contribution is 6.25. The largest absolute Gasteiger partial charge is 0.486 e. The number of hydrogen-bond acceptors (Lipinski definition) is 7. The van der Waals surface area contributed by atoms with Crippen molar-refractivity contribution in [3.63, 3.8) is 0 Å². The minimum atomic E-state index is -1.01. The van der Waals surface area contributed by atoms with Gasteiger partial charge in [0.1, 0.15) is 36.1 Å². The first kappa shape index (κ1) is 39.7. The summed E-state index contributed by atoms with van der Waals surface area (Å²) in [5, 5.41) is 0.149. The van der Waals surface area contributed by atoms with E-state index in [9.17, 15) is 0 Å². The van der Waals surface area contributed by atoms with Crippen LogP contribution >= 0.6 is 0 Å². The zero-order valence-electron chi connectivity index (χ0n) is 33.5. The summed E-state index contributed by atoms with van der Waals surface area (Å²) in [6, 6.07) is 29.6. The van der Waals surface area contributed by atoms with E-state index >= 15 is 22.4 Å². The number of pyridine rings is 4. The van der Waals surface area contributed by atoms with Gasteiger partial charge in [0.05, 0.1) is 22.3 Å². The molecule has 0 unspecified atom stereocenters. The van der Waals surface area contributed by atoms with Gasteiger partial charge in [-0.25, -0.2) is 27.5 Å². The Morgan fingerprint density at radius 3 is 1.34 bits per heavy atom. The number of nitrogens with zero attached hydrogens (tertiary/aromatic N) is 4. The van der Waals surface area contributed by atoms with Gasteiger partial charge < -0.3 is 19.4 Å². The number of H-pyrrole nitrogens is 2. The van der Waals surface area contributed by atoms with Gasteiger partial charge in [-0.1, -0.05) is 72.8 Å². The first-order valence-electron chi connectivity index (χ1n) is 20.0. The van der Waals surface area contributed by atoms with E-state index in [0.29, 0.717) is 11.1 Å². The van der Waals surface area contributed by atoms with Gasteiger partial charge in [0.2, 0.25) is 0 Å². The first-order chi connectivity index (χ1) is 31.4. The van der Waals surface area contributed by atoms with Gasteiger partial charge in [-0.05, 0) is 47.5 Å². The van der Waals surface area contributed by atoms with Gasteiger partial charge in [0.25, 0.3) is 0 Å². The van der Waals surface area contributed by atoms with E-state index < -0.39 is 40.2 Å².